The molecule has 0 bridgehead atoms. The molecule has 1 amide bonds. The van der Waals surface area contributed by atoms with Gasteiger partial charge in [0.05, 0.1) is 41.8 Å². The van der Waals surface area contributed by atoms with Gasteiger partial charge < -0.3 is 14.8 Å². The number of Topliss-reactive ketones (excluding diaryl/α,β-unsaturated/α-hetero) is 1. The van der Waals surface area contributed by atoms with Gasteiger partial charge in [-0.05, 0) is 36.8 Å². The van der Waals surface area contributed by atoms with Crippen molar-refractivity contribution in [2.24, 2.45) is 0 Å². The predicted molar refractivity (Wildman–Crippen MR) is 124 cm³/mol. The number of amides is 1. The van der Waals surface area contributed by atoms with Gasteiger partial charge in [0.1, 0.15) is 0 Å². The molecular weight excluding hydrogens is 426 g/mol. The van der Waals surface area contributed by atoms with Crippen molar-refractivity contribution in [3.8, 4) is 11.3 Å². The molecular formula is C24H23N3O4S. The Labute approximate surface area is 189 Å². The average Bonchev–Trinajstić information content (AvgIpc) is 3.40. The topological polar surface area (TPSA) is 81.9 Å². The molecule has 1 aliphatic rings. The number of carbonyl (C=O) groups excluding carboxylic acids is 2. The van der Waals surface area contributed by atoms with Crippen LogP contribution in [0, 0.1) is 0 Å². The zero-order valence-electron chi connectivity index (χ0n) is 17.7. The first-order chi connectivity index (χ1) is 15.6. The third kappa shape index (κ3) is 4.04. The molecule has 164 valence electrons. The van der Waals surface area contributed by atoms with E-state index in [0.29, 0.717) is 43.8 Å². The van der Waals surface area contributed by atoms with E-state index in [0.717, 1.165) is 26.4 Å². The quantitative estimate of drug-likeness (QED) is 0.451. The molecule has 0 radical (unpaired) electrons. The number of rotatable bonds is 6. The van der Waals surface area contributed by atoms with Crippen molar-refractivity contribution in [1.29, 1.82) is 0 Å². The summed E-state index contributed by atoms with van der Waals surface area (Å²) in [4.78, 5) is 30.0. The van der Waals surface area contributed by atoms with Gasteiger partial charge in [0.2, 0.25) is 0 Å². The number of thiazole rings is 1. The van der Waals surface area contributed by atoms with Crippen LogP contribution in [0.15, 0.2) is 48.7 Å². The van der Waals surface area contributed by atoms with Gasteiger partial charge in [-0.3, -0.25) is 14.0 Å². The van der Waals surface area contributed by atoms with Gasteiger partial charge in [-0.1, -0.05) is 23.5 Å². The van der Waals surface area contributed by atoms with Crippen LogP contribution in [0.1, 0.15) is 33.6 Å². The minimum Gasteiger partial charge on any atom is -0.376 e. The van der Waals surface area contributed by atoms with Crippen molar-refractivity contribution >= 4 is 38.2 Å². The number of ether oxygens (including phenoxy) is 2. The fourth-order valence-corrected chi connectivity index (χ4v) is 4.94. The molecule has 5 rings (SSSR count). The van der Waals surface area contributed by atoms with Crippen LogP contribution in [-0.4, -0.2) is 54.0 Å². The van der Waals surface area contributed by atoms with Crippen molar-refractivity contribution in [3.63, 3.8) is 0 Å². The smallest absolute Gasteiger partial charge is 0.251 e. The van der Waals surface area contributed by atoms with E-state index in [2.05, 4.69) is 5.32 Å². The Morgan fingerprint density at radius 3 is 2.72 bits per heavy atom. The lowest BCUT2D eigenvalue weighted by Gasteiger charge is -2.22. The highest BCUT2D eigenvalue weighted by molar-refractivity contribution is 7.23. The maximum Gasteiger partial charge on any atom is 0.251 e. The Morgan fingerprint density at radius 2 is 1.97 bits per heavy atom. The molecule has 1 saturated heterocycles. The van der Waals surface area contributed by atoms with E-state index >= 15 is 0 Å². The highest BCUT2D eigenvalue weighted by Gasteiger charge is 2.18. The SMILES string of the molecule is CNC(=O)c1ccc(-c2cn3c(n2)sc2cc(C(=O)CC[C@H]4COCCO4)ccc23)cc1. The second-order valence-corrected chi connectivity index (χ2v) is 8.76. The number of carbonyl (C=O) groups is 2. The number of ketones is 1. The Kier molecular flexibility index (Phi) is 5.73. The number of hydrogen-bond donors (Lipinski definition) is 1. The molecule has 0 unspecified atom stereocenters. The zero-order chi connectivity index (χ0) is 22.1. The summed E-state index contributed by atoms with van der Waals surface area (Å²) >= 11 is 1.56. The fourth-order valence-electron chi connectivity index (χ4n) is 3.89. The van der Waals surface area contributed by atoms with Crippen molar-refractivity contribution in [3.05, 3.63) is 59.8 Å². The molecule has 2 aromatic carbocycles. The van der Waals surface area contributed by atoms with Crippen LogP contribution in [-0.2, 0) is 9.47 Å². The van der Waals surface area contributed by atoms with Crippen molar-refractivity contribution < 1.29 is 19.1 Å². The molecule has 4 aromatic rings. The third-order valence-electron chi connectivity index (χ3n) is 5.66. The van der Waals surface area contributed by atoms with E-state index in [1.807, 2.05) is 40.9 Å². The number of hydrogen-bond acceptors (Lipinski definition) is 6. The molecule has 1 fully saturated rings. The van der Waals surface area contributed by atoms with Gasteiger partial charge in [-0.2, -0.15) is 0 Å². The second-order valence-electron chi connectivity index (χ2n) is 7.75. The minimum atomic E-state index is -0.113. The molecule has 1 atom stereocenters. The molecule has 2 aromatic heterocycles. The molecule has 1 aliphatic heterocycles. The molecule has 0 aliphatic carbocycles. The predicted octanol–water partition coefficient (Wildman–Crippen LogP) is 3.95. The maximum atomic E-state index is 12.7. The van der Waals surface area contributed by atoms with Gasteiger partial charge in [0.15, 0.2) is 10.7 Å². The van der Waals surface area contributed by atoms with Gasteiger partial charge in [-0.25, -0.2) is 4.98 Å². The van der Waals surface area contributed by atoms with Crippen LogP contribution in [0.2, 0.25) is 0 Å². The van der Waals surface area contributed by atoms with Crippen LogP contribution in [0.4, 0.5) is 0 Å². The molecule has 0 saturated carbocycles. The standard InChI is InChI=1S/C24H23N3O4S/c1-25-23(29)16-4-2-15(3-5-16)19-13-27-20-8-6-17(12-22(20)32-24(27)26-19)21(28)9-7-18-14-30-10-11-31-18/h2-6,8,12-13,18H,7,9-11,14H2,1H3,(H,25,29)/t18-/m0/s1. The van der Waals surface area contributed by atoms with Gasteiger partial charge in [0, 0.05) is 36.4 Å². The minimum absolute atomic E-state index is 0.00491. The summed E-state index contributed by atoms with van der Waals surface area (Å²) in [6, 6.07) is 13.2. The van der Waals surface area contributed by atoms with Gasteiger partial charge >= 0.3 is 0 Å². The highest BCUT2D eigenvalue weighted by Crippen LogP contribution is 2.30. The first-order valence-corrected chi connectivity index (χ1v) is 11.4. The lowest BCUT2D eigenvalue weighted by atomic mass is 10.0. The lowest BCUT2D eigenvalue weighted by molar-refractivity contribution is -0.0902. The summed E-state index contributed by atoms with van der Waals surface area (Å²) in [6.07, 6.45) is 3.11. The highest BCUT2D eigenvalue weighted by atomic mass is 32.1. The normalized spacial score (nSPS) is 16.5. The molecule has 8 heteroatoms. The maximum absolute atomic E-state index is 12.7. The van der Waals surface area contributed by atoms with Crippen LogP contribution in [0.25, 0.3) is 26.4 Å². The van der Waals surface area contributed by atoms with Crippen molar-refractivity contribution in [1.82, 2.24) is 14.7 Å². The molecule has 7 nitrogen and oxygen atoms in total. The summed E-state index contributed by atoms with van der Waals surface area (Å²) in [5, 5.41) is 2.62. The summed E-state index contributed by atoms with van der Waals surface area (Å²) in [7, 11) is 1.62. The Hall–Kier alpha value is -3.07. The van der Waals surface area contributed by atoms with Crippen molar-refractivity contribution in [2.75, 3.05) is 26.9 Å². The fraction of sp³-hybridized carbons (Fsp3) is 0.292. The number of nitrogens with zero attached hydrogens (tertiary/aromatic N) is 2. The van der Waals surface area contributed by atoms with Crippen LogP contribution in [0.5, 0.6) is 0 Å². The zero-order valence-corrected chi connectivity index (χ0v) is 18.5. The Bertz CT molecular complexity index is 1290. The largest absolute Gasteiger partial charge is 0.376 e. The summed E-state index contributed by atoms with van der Waals surface area (Å²) in [6.45, 7) is 1.79. The van der Waals surface area contributed by atoms with Gasteiger partial charge in [0.25, 0.3) is 5.91 Å². The summed E-state index contributed by atoms with van der Waals surface area (Å²) in [5.74, 6) is 0.00216. The Balaban J connectivity index is 1.35. The van der Waals surface area contributed by atoms with Crippen LogP contribution in [0.3, 0.4) is 0 Å². The molecule has 1 N–H and O–H groups in total. The first kappa shape index (κ1) is 20.8. The number of imidazole rings is 1. The number of nitrogens with one attached hydrogen (secondary N) is 1. The third-order valence-corrected chi connectivity index (χ3v) is 6.68. The molecule has 32 heavy (non-hydrogen) atoms. The Morgan fingerprint density at radius 1 is 1.16 bits per heavy atom. The van der Waals surface area contributed by atoms with Crippen molar-refractivity contribution in [2.45, 2.75) is 18.9 Å². The number of benzene rings is 2. The van der Waals surface area contributed by atoms with E-state index in [4.69, 9.17) is 14.5 Å². The van der Waals surface area contributed by atoms with Crippen LogP contribution < -0.4 is 5.32 Å². The summed E-state index contributed by atoms with van der Waals surface area (Å²) in [5.41, 5.74) is 4.14. The number of fused-ring (bicyclic) bond motifs is 3. The van der Waals surface area contributed by atoms with E-state index in [1.54, 1.807) is 30.5 Å². The average molecular weight is 450 g/mol. The van der Waals surface area contributed by atoms with Crippen LogP contribution >= 0.6 is 11.3 Å². The van der Waals surface area contributed by atoms with E-state index in [-0.39, 0.29) is 17.8 Å². The summed E-state index contributed by atoms with van der Waals surface area (Å²) < 4.78 is 14.1. The first-order valence-electron chi connectivity index (χ1n) is 10.6. The molecule has 3 heterocycles. The number of aromatic nitrogens is 2. The van der Waals surface area contributed by atoms with E-state index in [9.17, 15) is 9.59 Å². The van der Waals surface area contributed by atoms with Gasteiger partial charge in [-0.15, -0.1) is 0 Å². The second kappa shape index (κ2) is 8.82. The van der Waals surface area contributed by atoms with E-state index < -0.39 is 0 Å². The lowest BCUT2D eigenvalue weighted by Crippen LogP contribution is -2.29. The monoisotopic (exact) mass is 449 g/mol. The van der Waals surface area contributed by atoms with E-state index in [1.165, 1.54) is 0 Å². The molecule has 0 spiro atoms.